The molecule has 4 aliphatic rings. The molecule has 1 aromatic rings. The van der Waals surface area contributed by atoms with Crippen LogP contribution >= 0.6 is 0 Å². The van der Waals surface area contributed by atoms with Crippen LogP contribution in [0.1, 0.15) is 128 Å². The van der Waals surface area contributed by atoms with E-state index < -0.39 is 8.32 Å². The molecule has 0 N–H and O–H groups in total. The van der Waals surface area contributed by atoms with Gasteiger partial charge in [0.25, 0.3) is 0 Å². The molecule has 4 nitrogen and oxygen atoms in total. The summed E-state index contributed by atoms with van der Waals surface area (Å²) in [6.07, 6.45) is 14.5. The van der Waals surface area contributed by atoms with Crippen molar-refractivity contribution in [3.8, 4) is 0 Å². The lowest BCUT2D eigenvalue weighted by Gasteiger charge is -2.61. The average molecular weight is 569 g/mol. The number of carbonyl (C=O) groups is 1. The van der Waals surface area contributed by atoms with Crippen molar-refractivity contribution in [1.29, 1.82) is 0 Å². The summed E-state index contributed by atoms with van der Waals surface area (Å²) in [5.41, 5.74) is 2.86. The van der Waals surface area contributed by atoms with Crippen LogP contribution in [-0.4, -0.2) is 30.1 Å². The van der Waals surface area contributed by atoms with Gasteiger partial charge in [-0.25, -0.2) is 4.68 Å². The molecule has 0 aromatic carbocycles. The summed E-state index contributed by atoms with van der Waals surface area (Å²) in [4.78, 5) is 13.0. The van der Waals surface area contributed by atoms with Crippen molar-refractivity contribution >= 4 is 14.2 Å². The first kappa shape index (κ1) is 30.5. The van der Waals surface area contributed by atoms with Crippen LogP contribution in [0.5, 0.6) is 0 Å². The zero-order valence-electron chi connectivity index (χ0n) is 27.6. The number of nitrogens with zero attached hydrogens (tertiary/aromatic N) is 2. The minimum absolute atomic E-state index is 0.167. The van der Waals surface area contributed by atoms with Crippen molar-refractivity contribution in [3.05, 3.63) is 17.5 Å². The van der Waals surface area contributed by atoms with E-state index in [-0.39, 0.29) is 5.91 Å². The molecule has 4 saturated carbocycles. The van der Waals surface area contributed by atoms with Crippen molar-refractivity contribution in [3.63, 3.8) is 0 Å². The van der Waals surface area contributed by atoms with Crippen LogP contribution in [0.15, 0.2) is 6.07 Å². The van der Waals surface area contributed by atoms with Gasteiger partial charge in [0, 0.05) is 18.2 Å². The summed E-state index contributed by atoms with van der Waals surface area (Å²) in [5, 5.41) is 4.73. The zero-order valence-corrected chi connectivity index (χ0v) is 28.6. The Bertz CT molecular complexity index is 1090. The molecule has 9 atom stereocenters. The highest BCUT2D eigenvalue weighted by molar-refractivity contribution is 6.74. The Morgan fingerprint density at radius 1 is 1.05 bits per heavy atom. The Hall–Kier alpha value is -0.943. The molecule has 0 aliphatic heterocycles. The van der Waals surface area contributed by atoms with E-state index in [0.717, 1.165) is 47.4 Å². The number of aromatic nitrogens is 2. The zero-order chi connectivity index (χ0) is 29.3. The molecule has 0 saturated heterocycles. The van der Waals surface area contributed by atoms with Gasteiger partial charge in [-0.1, -0.05) is 41.5 Å². The summed E-state index contributed by atoms with van der Waals surface area (Å²) in [7, 11) is -1.72. The smallest absolute Gasteiger partial charge is 0.247 e. The van der Waals surface area contributed by atoms with Crippen LogP contribution in [-0.2, 0) is 4.43 Å². The molecule has 0 bridgehead atoms. The molecule has 5 heteroatoms. The molecule has 0 unspecified atom stereocenters. The largest absolute Gasteiger partial charge is 0.414 e. The van der Waals surface area contributed by atoms with Crippen molar-refractivity contribution < 1.29 is 9.22 Å². The lowest BCUT2D eigenvalue weighted by molar-refractivity contribution is -0.127. The van der Waals surface area contributed by atoms with Crippen LogP contribution < -0.4 is 0 Å². The van der Waals surface area contributed by atoms with Gasteiger partial charge in [0.1, 0.15) is 0 Å². The molecule has 0 radical (unpaired) electrons. The van der Waals surface area contributed by atoms with E-state index in [4.69, 9.17) is 4.43 Å². The maximum atomic E-state index is 13.0. The summed E-state index contributed by atoms with van der Waals surface area (Å²) >= 11 is 0. The molecule has 0 amide bonds. The first-order valence-corrected chi connectivity index (χ1v) is 19.7. The molecule has 40 heavy (non-hydrogen) atoms. The SMILES string of the molecule is Cc1cc(C)n(C(=O)CC[C@@H](C)[C@H]2CC[C@H]3[C@@H]4CC[C@@H]5C[C@H](O[Si](C)(C)C(C)(C)C)CC[C@]5(C)[C@H]4CC[C@]23C)n1. The van der Waals surface area contributed by atoms with Gasteiger partial charge in [-0.05, 0) is 149 Å². The summed E-state index contributed by atoms with van der Waals surface area (Å²) in [5.74, 6) is 5.06. The van der Waals surface area contributed by atoms with E-state index in [2.05, 4.69) is 59.7 Å². The van der Waals surface area contributed by atoms with Gasteiger partial charge in [0.2, 0.25) is 5.91 Å². The Balaban J connectivity index is 1.22. The van der Waals surface area contributed by atoms with Crippen molar-refractivity contribution in [2.45, 2.75) is 150 Å². The molecule has 226 valence electrons. The third kappa shape index (κ3) is 5.22. The Morgan fingerprint density at radius 3 is 2.38 bits per heavy atom. The van der Waals surface area contributed by atoms with E-state index in [1.165, 1.54) is 57.8 Å². The standard InChI is InChI=1S/C35H60N2O2Si/c1-23(11-16-32(38)37-25(3)21-24(2)36-37)29-14-15-30-28-13-12-26-22-27(39-40(9,10)33(4,5)6)17-19-34(26,7)31(28)18-20-35(29,30)8/h21,23,26-31H,11-20,22H2,1-10H3/t23-,26-,27-,28+,29-,30+,31+,34+,35-/m1/s1. The van der Waals surface area contributed by atoms with Gasteiger partial charge < -0.3 is 4.43 Å². The lowest BCUT2D eigenvalue weighted by Crippen LogP contribution is -2.55. The normalized spacial score (nSPS) is 38.9. The minimum Gasteiger partial charge on any atom is -0.414 e. The third-order valence-corrected chi connectivity index (χ3v) is 18.2. The monoisotopic (exact) mass is 568 g/mol. The molecule has 1 heterocycles. The van der Waals surface area contributed by atoms with Gasteiger partial charge in [0.15, 0.2) is 8.32 Å². The number of carbonyl (C=O) groups excluding carboxylic acids is 1. The van der Waals surface area contributed by atoms with Crippen LogP contribution in [0.3, 0.4) is 0 Å². The van der Waals surface area contributed by atoms with Gasteiger partial charge >= 0.3 is 0 Å². The molecule has 1 aromatic heterocycles. The van der Waals surface area contributed by atoms with E-state index in [9.17, 15) is 4.79 Å². The first-order valence-electron chi connectivity index (χ1n) is 16.8. The highest BCUT2D eigenvalue weighted by atomic mass is 28.4. The van der Waals surface area contributed by atoms with Gasteiger partial charge in [0.05, 0.1) is 5.69 Å². The fourth-order valence-electron chi connectivity index (χ4n) is 10.4. The second-order valence-corrected chi connectivity index (χ2v) is 21.7. The van der Waals surface area contributed by atoms with Crippen LogP contribution in [0.25, 0.3) is 0 Å². The lowest BCUT2D eigenvalue weighted by atomic mass is 9.44. The molecule has 4 aliphatic carbocycles. The molecular formula is C35H60N2O2Si. The first-order chi connectivity index (χ1) is 18.6. The minimum atomic E-state index is -1.72. The highest BCUT2D eigenvalue weighted by Crippen LogP contribution is 2.68. The second-order valence-electron chi connectivity index (χ2n) is 16.9. The van der Waals surface area contributed by atoms with Crippen LogP contribution in [0.4, 0.5) is 0 Å². The quantitative estimate of drug-likeness (QED) is 0.321. The predicted molar refractivity (Wildman–Crippen MR) is 168 cm³/mol. The van der Waals surface area contributed by atoms with Gasteiger partial charge in [-0.2, -0.15) is 5.10 Å². The van der Waals surface area contributed by atoms with E-state index >= 15 is 0 Å². The number of fused-ring (bicyclic) bond motifs is 5. The Morgan fingerprint density at radius 2 is 1.73 bits per heavy atom. The topological polar surface area (TPSA) is 44.1 Å². The van der Waals surface area contributed by atoms with Gasteiger partial charge in [-0.3, -0.25) is 4.79 Å². The summed E-state index contributed by atoms with van der Waals surface area (Å²) in [6.45, 7) is 23.8. The number of hydrogen-bond donors (Lipinski definition) is 0. The van der Waals surface area contributed by atoms with E-state index in [0.29, 0.717) is 34.3 Å². The molecule has 4 fully saturated rings. The maximum absolute atomic E-state index is 13.0. The highest BCUT2D eigenvalue weighted by Gasteiger charge is 2.60. The molecule has 0 spiro atoms. The van der Waals surface area contributed by atoms with Crippen LogP contribution in [0, 0.1) is 60.2 Å². The van der Waals surface area contributed by atoms with Crippen molar-refractivity contribution in [2.75, 3.05) is 0 Å². The molecular weight excluding hydrogens is 508 g/mol. The van der Waals surface area contributed by atoms with Crippen LogP contribution in [0.2, 0.25) is 18.1 Å². The van der Waals surface area contributed by atoms with Crippen molar-refractivity contribution in [1.82, 2.24) is 9.78 Å². The van der Waals surface area contributed by atoms with Crippen molar-refractivity contribution in [2.24, 2.45) is 46.3 Å². The molecule has 5 rings (SSSR count). The summed E-state index contributed by atoms with van der Waals surface area (Å²) in [6, 6.07) is 2.01. The number of hydrogen-bond acceptors (Lipinski definition) is 3. The van der Waals surface area contributed by atoms with E-state index in [1.54, 1.807) is 4.68 Å². The number of rotatable bonds is 6. The number of aryl methyl sites for hydroxylation is 2. The predicted octanol–water partition coefficient (Wildman–Crippen LogP) is 9.61. The fraction of sp³-hybridized carbons (Fsp3) is 0.886. The fourth-order valence-corrected chi connectivity index (χ4v) is 11.8. The third-order valence-electron chi connectivity index (χ3n) is 13.7. The second kappa shape index (κ2) is 10.6. The average Bonchev–Trinajstić information content (AvgIpc) is 3.39. The Kier molecular flexibility index (Phi) is 8.12. The maximum Gasteiger partial charge on any atom is 0.247 e. The Labute approximate surface area is 246 Å². The van der Waals surface area contributed by atoms with Gasteiger partial charge in [-0.15, -0.1) is 0 Å². The van der Waals surface area contributed by atoms with E-state index in [1.807, 2.05) is 19.9 Å². The summed E-state index contributed by atoms with van der Waals surface area (Å²) < 4.78 is 8.62.